The maximum atomic E-state index is 14.8. The molecule has 0 aromatic heterocycles. The monoisotopic (exact) mass is 358 g/mol. The van der Waals surface area contributed by atoms with E-state index in [0.717, 1.165) is 6.42 Å². The zero-order valence-electron chi connectivity index (χ0n) is 13.9. The number of aliphatic imine (C=N–C) groups is 2. The Kier molecular flexibility index (Phi) is 4.85. The highest BCUT2D eigenvalue weighted by molar-refractivity contribution is 5.85. The van der Waals surface area contributed by atoms with Gasteiger partial charge in [0.25, 0.3) is 0 Å². The molecule has 1 saturated heterocycles. The lowest BCUT2D eigenvalue weighted by atomic mass is 9.74. The van der Waals surface area contributed by atoms with E-state index in [1.54, 1.807) is 12.4 Å². The van der Waals surface area contributed by atoms with Crippen molar-refractivity contribution in [3.63, 3.8) is 0 Å². The zero-order chi connectivity index (χ0) is 17.6. The second-order valence-corrected chi connectivity index (χ2v) is 7.80. The summed E-state index contributed by atoms with van der Waals surface area (Å²) in [7, 11) is 0. The van der Waals surface area contributed by atoms with Crippen LogP contribution < -0.4 is 10.6 Å². The molecule has 0 bridgehead atoms. The summed E-state index contributed by atoms with van der Waals surface area (Å²) in [4.78, 5) is 7.76. The summed E-state index contributed by atoms with van der Waals surface area (Å²) in [5, 5.41) is 15.7. The van der Waals surface area contributed by atoms with Crippen LogP contribution in [-0.4, -0.2) is 60.7 Å². The van der Waals surface area contributed by atoms with E-state index in [2.05, 4.69) is 20.6 Å². The Morgan fingerprint density at radius 3 is 2.40 bits per heavy atom. The second kappa shape index (κ2) is 6.96. The number of alkyl halides is 3. The summed E-state index contributed by atoms with van der Waals surface area (Å²) in [6.07, 6.45) is 0.733. The van der Waals surface area contributed by atoms with E-state index in [-0.39, 0.29) is 42.8 Å². The normalized spacial score (nSPS) is 53.0. The average molecular weight is 358 g/mol. The highest BCUT2D eigenvalue weighted by atomic mass is 19.1. The molecular formula is C17H25F3N4O. The minimum atomic E-state index is -1.22. The van der Waals surface area contributed by atoms with Gasteiger partial charge in [-0.3, -0.25) is 10.6 Å². The van der Waals surface area contributed by atoms with Crippen molar-refractivity contribution in [2.24, 2.45) is 27.7 Å². The predicted octanol–water partition coefficient (Wildman–Crippen LogP) is 1.51. The standard InChI is InChI=1S/C17H25F3N4O/c18-10-4-13(20)15-14(5-10)23-16(24-15)11-2-1-8(3-12(11)19)9-6-21-17(25)22-7-9/h6-17,23-25H,1-5H2. The number of fused-ring (bicyclic) bond motifs is 1. The van der Waals surface area contributed by atoms with Gasteiger partial charge in [-0.05, 0) is 31.6 Å². The van der Waals surface area contributed by atoms with Crippen molar-refractivity contribution >= 4 is 12.4 Å². The Hall–Kier alpha value is -0.990. The van der Waals surface area contributed by atoms with Crippen LogP contribution in [0.25, 0.3) is 0 Å². The molecule has 25 heavy (non-hydrogen) atoms. The van der Waals surface area contributed by atoms with E-state index >= 15 is 0 Å². The number of aliphatic hydroxyl groups is 1. The molecule has 8 unspecified atom stereocenters. The fourth-order valence-electron chi connectivity index (χ4n) is 4.85. The molecule has 0 aromatic carbocycles. The minimum absolute atomic E-state index is 0.0443. The van der Waals surface area contributed by atoms with Crippen molar-refractivity contribution in [2.45, 2.75) is 75.2 Å². The predicted molar refractivity (Wildman–Crippen MR) is 88.9 cm³/mol. The first-order chi connectivity index (χ1) is 12.0. The molecule has 4 rings (SSSR count). The molecule has 3 fully saturated rings. The lowest BCUT2D eigenvalue weighted by Gasteiger charge is -2.37. The van der Waals surface area contributed by atoms with Gasteiger partial charge in [0, 0.05) is 36.7 Å². The maximum Gasteiger partial charge on any atom is 0.242 e. The molecule has 2 aliphatic carbocycles. The van der Waals surface area contributed by atoms with Crippen molar-refractivity contribution in [2.75, 3.05) is 0 Å². The van der Waals surface area contributed by atoms with Crippen LogP contribution in [0, 0.1) is 17.8 Å². The molecule has 2 heterocycles. The molecule has 8 heteroatoms. The first-order valence-electron chi connectivity index (χ1n) is 9.20. The summed E-state index contributed by atoms with van der Waals surface area (Å²) in [6.45, 7) is 0. The molecule has 4 aliphatic rings. The number of halogens is 3. The molecule has 0 aromatic rings. The van der Waals surface area contributed by atoms with Gasteiger partial charge in [-0.1, -0.05) is 0 Å². The Morgan fingerprint density at radius 2 is 1.68 bits per heavy atom. The molecule has 3 N–H and O–H groups in total. The third-order valence-electron chi connectivity index (χ3n) is 6.20. The number of aliphatic hydroxyl groups excluding tert-OH is 1. The van der Waals surface area contributed by atoms with Crippen LogP contribution >= 0.6 is 0 Å². The molecule has 8 atom stereocenters. The summed E-state index contributed by atoms with van der Waals surface area (Å²) < 4.78 is 42.5. The lowest BCUT2D eigenvalue weighted by molar-refractivity contribution is 0.0882. The van der Waals surface area contributed by atoms with Gasteiger partial charge in [0.15, 0.2) is 0 Å². The van der Waals surface area contributed by atoms with Crippen LogP contribution in [0.1, 0.15) is 32.1 Å². The second-order valence-electron chi connectivity index (χ2n) is 7.80. The van der Waals surface area contributed by atoms with Gasteiger partial charge < -0.3 is 5.11 Å². The van der Waals surface area contributed by atoms with Crippen LogP contribution in [0.15, 0.2) is 9.98 Å². The van der Waals surface area contributed by atoms with Gasteiger partial charge in [-0.15, -0.1) is 0 Å². The number of hydrogen-bond donors (Lipinski definition) is 3. The average Bonchev–Trinajstić information content (AvgIpc) is 2.99. The number of nitrogens with one attached hydrogen (secondary N) is 2. The Morgan fingerprint density at radius 1 is 0.920 bits per heavy atom. The van der Waals surface area contributed by atoms with E-state index in [4.69, 9.17) is 0 Å². The minimum Gasteiger partial charge on any atom is -0.354 e. The molecule has 2 aliphatic heterocycles. The van der Waals surface area contributed by atoms with Crippen molar-refractivity contribution in [1.82, 2.24) is 10.6 Å². The highest BCUT2D eigenvalue weighted by Gasteiger charge is 2.48. The van der Waals surface area contributed by atoms with E-state index in [1.807, 2.05) is 0 Å². The van der Waals surface area contributed by atoms with Gasteiger partial charge in [0.05, 0.1) is 12.2 Å². The Labute approximate surface area is 145 Å². The lowest BCUT2D eigenvalue weighted by Crippen LogP contribution is -2.49. The van der Waals surface area contributed by atoms with Gasteiger partial charge in [0.2, 0.25) is 6.35 Å². The van der Waals surface area contributed by atoms with Crippen LogP contribution in [0.5, 0.6) is 0 Å². The van der Waals surface area contributed by atoms with Crippen molar-refractivity contribution < 1.29 is 18.3 Å². The van der Waals surface area contributed by atoms with Gasteiger partial charge in [-0.25, -0.2) is 23.2 Å². The molecule has 5 nitrogen and oxygen atoms in total. The van der Waals surface area contributed by atoms with Crippen molar-refractivity contribution in [3.8, 4) is 0 Å². The molecule has 2 saturated carbocycles. The fourth-order valence-corrected chi connectivity index (χ4v) is 4.85. The van der Waals surface area contributed by atoms with Gasteiger partial charge in [0.1, 0.15) is 18.5 Å². The van der Waals surface area contributed by atoms with Crippen LogP contribution in [0.2, 0.25) is 0 Å². The topological polar surface area (TPSA) is 69.0 Å². The molecule has 0 amide bonds. The highest BCUT2D eigenvalue weighted by Crippen LogP contribution is 2.39. The third-order valence-corrected chi connectivity index (χ3v) is 6.20. The molecule has 0 spiro atoms. The molecular weight excluding hydrogens is 333 g/mol. The third kappa shape index (κ3) is 3.48. The van der Waals surface area contributed by atoms with Crippen molar-refractivity contribution in [1.29, 1.82) is 0 Å². The van der Waals surface area contributed by atoms with E-state index in [0.29, 0.717) is 12.8 Å². The smallest absolute Gasteiger partial charge is 0.242 e. The molecule has 0 radical (unpaired) electrons. The maximum absolute atomic E-state index is 14.8. The SMILES string of the molecule is OC1N=CC(C2CCC(C3NC4CC(F)CC(F)C4N3)C(F)C2)C=N1. The van der Waals surface area contributed by atoms with Crippen LogP contribution in [-0.2, 0) is 0 Å². The number of hydrogen-bond acceptors (Lipinski definition) is 5. The summed E-state index contributed by atoms with van der Waals surface area (Å²) >= 11 is 0. The molecule has 140 valence electrons. The first-order valence-corrected chi connectivity index (χ1v) is 9.20. The van der Waals surface area contributed by atoms with Gasteiger partial charge in [-0.2, -0.15) is 0 Å². The first kappa shape index (κ1) is 17.4. The van der Waals surface area contributed by atoms with E-state index in [9.17, 15) is 18.3 Å². The zero-order valence-corrected chi connectivity index (χ0v) is 13.9. The van der Waals surface area contributed by atoms with Crippen LogP contribution in [0.4, 0.5) is 13.2 Å². The van der Waals surface area contributed by atoms with E-state index < -0.39 is 30.9 Å². The Bertz CT molecular complexity index is 534. The number of rotatable bonds is 2. The fraction of sp³-hybridized carbons (Fsp3) is 0.882. The van der Waals surface area contributed by atoms with Gasteiger partial charge >= 0.3 is 0 Å². The van der Waals surface area contributed by atoms with Crippen LogP contribution in [0.3, 0.4) is 0 Å². The summed E-state index contributed by atoms with van der Waals surface area (Å²) in [5.74, 6) is -0.175. The summed E-state index contributed by atoms with van der Waals surface area (Å²) in [5.41, 5.74) is 0. The summed E-state index contributed by atoms with van der Waals surface area (Å²) in [6, 6.07) is -0.672. The Balaban J connectivity index is 1.36. The number of nitrogens with zero attached hydrogens (tertiary/aromatic N) is 2. The quantitative estimate of drug-likeness (QED) is 0.701. The van der Waals surface area contributed by atoms with E-state index in [1.165, 1.54) is 0 Å². The van der Waals surface area contributed by atoms with Crippen molar-refractivity contribution in [3.05, 3.63) is 0 Å². The largest absolute Gasteiger partial charge is 0.354 e.